The van der Waals surface area contributed by atoms with Crippen LogP contribution in [0.2, 0.25) is 0 Å². The Bertz CT molecular complexity index is 941. The Labute approximate surface area is 173 Å². The van der Waals surface area contributed by atoms with Gasteiger partial charge in [-0.3, -0.25) is 9.59 Å². The Hall–Kier alpha value is -2.67. The Balaban J connectivity index is 1.29. The topological polar surface area (TPSA) is 59.1 Å². The van der Waals surface area contributed by atoms with Crippen molar-refractivity contribution in [3.8, 4) is 11.5 Å². The summed E-state index contributed by atoms with van der Waals surface area (Å²) in [7, 11) is 0. The van der Waals surface area contributed by atoms with Gasteiger partial charge in [0, 0.05) is 36.5 Å². The first kappa shape index (κ1) is 18.4. The third-order valence-corrected chi connectivity index (χ3v) is 7.45. The van der Waals surface area contributed by atoms with Crippen molar-refractivity contribution in [2.24, 2.45) is 0 Å². The van der Waals surface area contributed by atoms with E-state index in [0.29, 0.717) is 30.2 Å². The summed E-state index contributed by atoms with van der Waals surface area (Å²) in [5.41, 5.74) is 1.34. The Morgan fingerprint density at radius 2 is 1.62 bits per heavy atom. The highest BCUT2D eigenvalue weighted by atomic mass is 32.2. The van der Waals surface area contributed by atoms with E-state index in [1.807, 2.05) is 51.9 Å². The van der Waals surface area contributed by atoms with Crippen LogP contribution in [0.25, 0.3) is 0 Å². The molecule has 0 aliphatic carbocycles. The lowest BCUT2D eigenvalue weighted by Crippen LogP contribution is -2.53. The quantitative estimate of drug-likeness (QED) is 0.761. The van der Waals surface area contributed by atoms with Crippen LogP contribution in [0.4, 0.5) is 0 Å². The number of likely N-dealkylation sites (tertiary alicyclic amines) is 1. The molecular weight excluding hydrogens is 388 g/mol. The highest BCUT2D eigenvalue weighted by Gasteiger charge is 2.47. The van der Waals surface area contributed by atoms with Crippen molar-refractivity contribution in [1.82, 2.24) is 9.80 Å². The van der Waals surface area contributed by atoms with Crippen molar-refractivity contribution in [1.29, 1.82) is 0 Å². The van der Waals surface area contributed by atoms with Crippen LogP contribution in [-0.4, -0.2) is 58.7 Å². The molecule has 3 heterocycles. The fourth-order valence-electron chi connectivity index (χ4n) is 4.32. The second-order valence-corrected chi connectivity index (χ2v) is 8.93. The first-order valence-electron chi connectivity index (χ1n) is 9.86. The molecule has 3 aliphatic rings. The van der Waals surface area contributed by atoms with Crippen molar-refractivity contribution in [2.75, 3.05) is 32.2 Å². The summed E-state index contributed by atoms with van der Waals surface area (Å²) < 4.78 is 10.7. The van der Waals surface area contributed by atoms with E-state index >= 15 is 0 Å². The van der Waals surface area contributed by atoms with Gasteiger partial charge in [0.1, 0.15) is 0 Å². The molecule has 2 saturated heterocycles. The number of rotatable bonds is 2. The molecular formula is C22H22N2O4S. The molecule has 2 amide bonds. The Morgan fingerprint density at radius 3 is 2.41 bits per heavy atom. The summed E-state index contributed by atoms with van der Waals surface area (Å²) in [6.45, 7) is 2.23. The van der Waals surface area contributed by atoms with Crippen molar-refractivity contribution in [2.45, 2.75) is 17.7 Å². The van der Waals surface area contributed by atoms with Gasteiger partial charge < -0.3 is 19.3 Å². The predicted octanol–water partition coefficient (Wildman–Crippen LogP) is 3.24. The van der Waals surface area contributed by atoms with Crippen LogP contribution in [0.5, 0.6) is 11.5 Å². The molecule has 0 aromatic heterocycles. The smallest absolute Gasteiger partial charge is 0.254 e. The summed E-state index contributed by atoms with van der Waals surface area (Å²) in [4.78, 5) is 29.7. The maximum absolute atomic E-state index is 13.1. The molecule has 1 spiro atoms. The van der Waals surface area contributed by atoms with Crippen LogP contribution < -0.4 is 9.47 Å². The van der Waals surface area contributed by atoms with Crippen molar-refractivity contribution in [3.63, 3.8) is 0 Å². The monoisotopic (exact) mass is 410 g/mol. The second kappa shape index (κ2) is 7.30. The summed E-state index contributed by atoms with van der Waals surface area (Å²) in [6.07, 6.45) is 1.57. The summed E-state index contributed by atoms with van der Waals surface area (Å²) in [5.74, 6) is 2.33. The van der Waals surface area contributed by atoms with E-state index in [-0.39, 0.29) is 23.5 Å². The molecule has 0 bridgehead atoms. The van der Waals surface area contributed by atoms with E-state index in [1.165, 1.54) is 0 Å². The molecule has 2 aromatic rings. The zero-order valence-electron chi connectivity index (χ0n) is 16.0. The normalized spacial score (nSPS) is 19.6. The van der Waals surface area contributed by atoms with Gasteiger partial charge in [-0.2, -0.15) is 0 Å². The van der Waals surface area contributed by atoms with Crippen molar-refractivity contribution in [3.05, 3.63) is 59.7 Å². The van der Waals surface area contributed by atoms with Gasteiger partial charge >= 0.3 is 0 Å². The lowest BCUT2D eigenvalue weighted by atomic mass is 10.00. The lowest BCUT2D eigenvalue weighted by Gasteiger charge is -2.44. The third kappa shape index (κ3) is 3.23. The number of carbonyl (C=O) groups is 2. The maximum atomic E-state index is 13.1. The third-order valence-electron chi connectivity index (χ3n) is 5.89. The van der Waals surface area contributed by atoms with E-state index < -0.39 is 0 Å². The number of nitrogens with zero attached hydrogens (tertiary/aromatic N) is 2. The van der Waals surface area contributed by atoms with Gasteiger partial charge in [0.25, 0.3) is 11.8 Å². The van der Waals surface area contributed by atoms with Gasteiger partial charge in [-0.25, -0.2) is 0 Å². The van der Waals surface area contributed by atoms with Crippen LogP contribution in [0.3, 0.4) is 0 Å². The number of benzene rings is 2. The first-order chi connectivity index (χ1) is 14.2. The Kier molecular flexibility index (Phi) is 4.62. The fraction of sp³-hybridized carbons (Fsp3) is 0.364. The zero-order valence-corrected chi connectivity index (χ0v) is 16.8. The van der Waals surface area contributed by atoms with E-state index in [4.69, 9.17) is 9.47 Å². The van der Waals surface area contributed by atoms with Gasteiger partial charge in [0.2, 0.25) is 6.79 Å². The van der Waals surface area contributed by atoms with Crippen LogP contribution in [0.15, 0.2) is 48.5 Å². The molecule has 150 valence electrons. The van der Waals surface area contributed by atoms with E-state index in [0.717, 1.165) is 30.7 Å². The van der Waals surface area contributed by atoms with Gasteiger partial charge in [-0.1, -0.05) is 18.2 Å². The average Bonchev–Trinajstić information content (AvgIpc) is 3.40. The van der Waals surface area contributed by atoms with Crippen LogP contribution in [0.1, 0.15) is 33.6 Å². The zero-order chi connectivity index (χ0) is 19.8. The highest BCUT2D eigenvalue weighted by Crippen LogP contribution is 2.45. The number of carbonyl (C=O) groups excluding carboxylic acids is 2. The molecule has 2 fully saturated rings. The maximum Gasteiger partial charge on any atom is 0.254 e. The predicted molar refractivity (Wildman–Crippen MR) is 110 cm³/mol. The minimum Gasteiger partial charge on any atom is -0.454 e. The van der Waals surface area contributed by atoms with Crippen LogP contribution in [-0.2, 0) is 0 Å². The van der Waals surface area contributed by atoms with Gasteiger partial charge in [0.05, 0.1) is 4.87 Å². The van der Waals surface area contributed by atoms with Gasteiger partial charge in [0.15, 0.2) is 11.5 Å². The average molecular weight is 410 g/mol. The SMILES string of the molecule is O=C(c1ccc2c(c1)OCO2)N1CCC2(CC1)SCCN2C(=O)c1ccccc1. The second-order valence-electron chi connectivity index (χ2n) is 7.48. The fourth-order valence-corrected chi connectivity index (χ4v) is 5.77. The Morgan fingerprint density at radius 1 is 0.862 bits per heavy atom. The minimum atomic E-state index is -0.210. The molecule has 0 unspecified atom stereocenters. The van der Waals surface area contributed by atoms with Crippen molar-refractivity contribution < 1.29 is 19.1 Å². The van der Waals surface area contributed by atoms with Crippen molar-refractivity contribution >= 4 is 23.6 Å². The molecule has 0 saturated carbocycles. The first-order valence-corrected chi connectivity index (χ1v) is 10.8. The van der Waals surface area contributed by atoms with Crippen LogP contribution in [0, 0.1) is 0 Å². The molecule has 3 aliphatic heterocycles. The molecule has 0 radical (unpaired) electrons. The molecule has 29 heavy (non-hydrogen) atoms. The number of amides is 2. The molecule has 2 aromatic carbocycles. The van der Waals surface area contributed by atoms with Crippen LogP contribution >= 0.6 is 11.8 Å². The number of piperidine rings is 1. The van der Waals surface area contributed by atoms with Gasteiger partial charge in [-0.15, -0.1) is 11.8 Å². The number of thioether (sulfide) groups is 1. The van der Waals surface area contributed by atoms with E-state index in [2.05, 4.69) is 0 Å². The summed E-state index contributed by atoms with van der Waals surface area (Å²) in [5, 5.41) is 0. The summed E-state index contributed by atoms with van der Waals surface area (Å²) in [6, 6.07) is 14.8. The van der Waals surface area contributed by atoms with E-state index in [1.54, 1.807) is 18.2 Å². The van der Waals surface area contributed by atoms with Gasteiger partial charge in [-0.05, 0) is 43.2 Å². The molecule has 6 nitrogen and oxygen atoms in total. The van der Waals surface area contributed by atoms with E-state index in [9.17, 15) is 9.59 Å². The molecule has 5 rings (SSSR count). The summed E-state index contributed by atoms with van der Waals surface area (Å²) >= 11 is 1.85. The lowest BCUT2D eigenvalue weighted by molar-refractivity contribution is 0.0497. The molecule has 7 heteroatoms. The number of fused-ring (bicyclic) bond motifs is 1. The number of ether oxygens (including phenoxy) is 2. The molecule has 0 N–H and O–H groups in total. The molecule has 0 atom stereocenters. The number of hydrogen-bond donors (Lipinski definition) is 0. The standard InChI is InChI=1S/C22H22N2O4S/c25-20(17-6-7-18-19(14-17)28-15-27-18)23-10-8-22(9-11-23)24(12-13-29-22)21(26)16-4-2-1-3-5-16/h1-7,14H,8-13,15H2. The minimum absolute atomic E-state index is 0.00193. The number of hydrogen-bond acceptors (Lipinski definition) is 5. The highest BCUT2D eigenvalue weighted by molar-refractivity contribution is 8.00. The largest absolute Gasteiger partial charge is 0.454 e.